The molecule has 0 fully saturated rings. The Kier molecular flexibility index (Phi) is 10.6. The second kappa shape index (κ2) is 14.5. The maximum absolute atomic E-state index is 13.6. The van der Waals surface area contributed by atoms with Crippen LogP contribution in [0.4, 0.5) is 18.9 Å². The highest BCUT2D eigenvalue weighted by Gasteiger charge is 2.39. The minimum atomic E-state index is -3.91. The zero-order valence-corrected chi connectivity index (χ0v) is 23.6. The van der Waals surface area contributed by atoms with E-state index in [0.29, 0.717) is 42.6 Å². The SMILES string of the molecule is CC(F)C(F)(F)Oc1ccc(NC2C=CC(CCN=CC3=CCC(C#N)C=C3)=NC(NCc3ccc(Cl)nc3)=C2)cc1. The number of allylic oxidation sites excluding steroid dienone is 5. The number of hydrogen-bond donors (Lipinski definition) is 2. The molecule has 0 radical (unpaired) electrons. The van der Waals surface area contributed by atoms with Crippen molar-refractivity contribution in [2.75, 3.05) is 11.9 Å². The van der Waals surface area contributed by atoms with Gasteiger partial charge in [-0.1, -0.05) is 42.0 Å². The van der Waals surface area contributed by atoms with Crippen LogP contribution >= 0.6 is 11.6 Å². The summed E-state index contributed by atoms with van der Waals surface area (Å²) < 4.78 is 44.8. The average Bonchev–Trinajstić information content (AvgIpc) is 3.17. The van der Waals surface area contributed by atoms with Crippen LogP contribution in [-0.4, -0.2) is 41.8 Å². The van der Waals surface area contributed by atoms with E-state index in [4.69, 9.17) is 21.9 Å². The third-order valence-electron chi connectivity index (χ3n) is 6.30. The van der Waals surface area contributed by atoms with Crippen LogP contribution in [0.2, 0.25) is 5.15 Å². The molecule has 218 valence electrons. The number of benzene rings is 1. The van der Waals surface area contributed by atoms with Gasteiger partial charge in [-0.3, -0.25) is 4.99 Å². The fraction of sp³-hybridized carbons (Fsp3) is 0.290. The zero-order chi connectivity index (χ0) is 30.0. The van der Waals surface area contributed by atoms with Gasteiger partial charge in [0.15, 0.2) is 0 Å². The van der Waals surface area contributed by atoms with Gasteiger partial charge in [0, 0.05) is 43.3 Å². The molecule has 0 saturated heterocycles. The standard InChI is InChI=1S/C31H30ClF3N6O/c1-21(33)31(34,35)42-28-11-9-25(10-12-28)40-27-8-7-26(14-15-37-18-23-4-2-22(17-36)3-5-23)41-30(16-27)39-20-24-6-13-29(32)38-19-24/h2,4-13,16,18-19,21-22,27,39-40H,3,14-15,20H2,1H3. The molecular weight excluding hydrogens is 565 g/mol. The van der Waals surface area contributed by atoms with E-state index < -0.39 is 12.3 Å². The van der Waals surface area contributed by atoms with Crippen molar-refractivity contribution in [3.05, 3.63) is 101 Å². The molecule has 0 spiro atoms. The molecule has 2 heterocycles. The second-order valence-electron chi connectivity index (χ2n) is 9.65. The summed E-state index contributed by atoms with van der Waals surface area (Å²) in [5.41, 5.74) is 3.35. The van der Waals surface area contributed by atoms with Crippen molar-refractivity contribution in [1.29, 1.82) is 5.26 Å². The predicted molar refractivity (Wildman–Crippen MR) is 160 cm³/mol. The smallest absolute Gasteiger partial charge is 0.429 e. The Labute approximate surface area is 247 Å². The molecule has 0 saturated carbocycles. The topological polar surface area (TPSA) is 94.7 Å². The molecule has 3 atom stereocenters. The van der Waals surface area contributed by atoms with E-state index >= 15 is 0 Å². The van der Waals surface area contributed by atoms with E-state index in [2.05, 4.69) is 31.4 Å². The molecule has 1 aliphatic heterocycles. The number of aliphatic imine (C=N–C) groups is 2. The van der Waals surface area contributed by atoms with E-state index in [0.717, 1.165) is 23.8 Å². The largest absolute Gasteiger partial charge is 0.430 e. The fourth-order valence-corrected chi connectivity index (χ4v) is 4.04. The Morgan fingerprint density at radius 3 is 2.69 bits per heavy atom. The van der Waals surface area contributed by atoms with Crippen LogP contribution in [0, 0.1) is 17.2 Å². The predicted octanol–water partition coefficient (Wildman–Crippen LogP) is 6.97. The van der Waals surface area contributed by atoms with E-state index in [1.54, 1.807) is 30.6 Å². The minimum absolute atomic E-state index is 0.0863. The van der Waals surface area contributed by atoms with Crippen molar-refractivity contribution in [3.8, 4) is 11.8 Å². The third-order valence-corrected chi connectivity index (χ3v) is 6.52. The van der Waals surface area contributed by atoms with Gasteiger partial charge in [-0.2, -0.15) is 14.0 Å². The Morgan fingerprint density at radius 2 is 2.02 bits per heavy atom. The lowest BCUT2D eigenvalue weighted by Crippen LogP contribution is -2.34. The summed E-state index contributed by atoms with van der Waals surface area (Å²) in [6, 6.07) is 11.4. The molecule has 4 rings (SSSR count). The molecule has 2 aliphatic rings. The molecule has 0 bridgehead atoms. The molecule has 1 aromatic carbocycles. The van der Waals surface area contributed by atoms with Crippen LogP contribution in [0.15, 0.2) is 100 Å². The number of aromatic nitrogens is 1. The summed E-state index contributed by atoms with van der Waals surface area (Å²) in [7, 11) is 0. The first-order valence-electron chi connectivity index (χ1n) is 13.4. The van der Waals surface area contributed by atoms with Gasteiger partial charge >= 0.3 is 6.11 Å². The van der Waals surface area contributed by atoms with Crippen LogP contribution in [0.5, 0.6) is 5.75 Å². The number of nitrogens with one attached hydrogen (secondary N) is 2. The van der Waals surface area contributed by atoms with Crippen LogP contribution < -0.4 is 15.4 Å². The summed E-state index contributed by atoms with van der Waals surface area (Å²) in [6.07, 6.45) is 9.95. The van der Waals surface area contributed by atoms with Gasteiger partial charge in [-0.25, -0.2) is 14.4 Å². The van der Waals surface area contributed by atoms with Gasteiger partial charge in [0.2, 0.25) is 6.17 Å². The van der Waals surface area contributed by atoms with Gasteiger partial charge < -0.3 is 15.4 Å². The summed E-state index contributed by atoms with van der Waals surface area (Å²) in [4.78, 5) is 13.4. The van der Waals surface area contributed by atoms with Crippen molar-refractivity contribution in [2.45, 2.75) is 44.6 Å². The molecule has 1 aromatic heterocycles. The van der Waals surface area contributed by atoms with Crippen LogP contribution in [0.3, 0.4) is 0 Å². The highest BCUT2D eigenvalue weighted by atomic mass is 35.5. The van der Waals surface area contributed by atoms with Crippen LogP contribution in [-0.2, 0) is 6.54 Å². The number of hydrogen-bond acceptors (Lipinski definition) is 7. The van der Waals surface area contributed by atoms with E-state index in [9.17, 15) is 13.2 Å². The highest BCUT2D eigenvalue weighted by molar-refractivity contribution is 6.29. The summed E-state index contributed by atoms with van der Waals surface area (Å²) in [6.45, 7) is 1.73. The van der Waals surface area contributed by atoms with Crippen LogP contribution in [0.1, 0.15) is 25.3 Å². The first-order valence-corrected chi connectivity index (χ1v) is 13.7. The first kappa shape index (κ1) is 30.6. The lowest BCUT2D eigenvalue weighted by Gasteiger charge is -2.19. The molecule has 42 heavy (non-hydrogen) atoms. The molecular formula is C31H30ClF3N6O. The van der Waals surface area contributed by atoms with E-state index in [1.807, 2.05) is 42.5 Å². The van der Waals surface area contributed by atoms with Gasteiger partial charge in [0.1, 0.15) is 16.7 Å². The number of nitrogens with zero attached hydrogens (tertiary/aromatic N) is 4. The average molecular weight is 595 g/mol. The normalized spacial score (nSPS) is 19.3. The lowest BCUT2D eigenvalue weighted by atomic mass is 9.99. The number of halogens is 4. The van der Waals surface area contributed by atoms with Crippen molar-refractivity contribution < 1.29 is 17.9 Å². The molecule has 3 unspecified atom stereocenters. The van der Waals surface area contributed by atoms with Crippen molar-refractivity contribution in [1.82, 2.24) is 10.3 Å². The Balaban J connectivity index is 1.42. The van der Waals surface area contributed by atoms with E-state index in [1.165, 1.54) is 12.1 Å². The number of ether oxygens (including phenoxy) is 1. The van der Waals surface area contributed by atoms with Gasteiger partial charge in [-0.15, -0.1) is 0 Å². The summed E-state index contributed by atoms with van der Waals surface area (Å²) >= 11 is 5.90. The summed E-state index contributed by atoms with van der Waals surface area (Å²) in [5, 5.41) is 16.1. The maximum Gasteiger partial charge on any atom is 0.429 e. The fourth-order valence-electron chi connectivity index (χ4n) is 3.93. The quantitative estimate of drug-likeness (QED) is 0.204. The number of pyridine rings is 1. The van der Waals surface area contributed by atoms with Crippen molar-refractivity contribution in [2.24, 2.45) is 15.9 Å². The van der Waals surface area contributed by atoms with Gasteiger partial charge in [-0.05, 0) is 67.0 Å². The van der Waals surface area contributed by atoms with Crippen molar-refractivity contribution >= 4 is 29.2 Å². The number of alkyl halides is 3. The lowest BCUT2D eigenvalue weighted by molar-refractivity contribution is -0.215. The number of rotatable bonds is 12. The maximum atomic E-state index is 13.6. The van der Waals surface area contributed by atoms with Gasteiger partial charge in [0.05, 0.1) is 18.0 Å². The molecule has 11 heteroatoms. The Morgan fingerprint density at radius 1 is 1.21 bits per heavy atom. The monoisotopic (exact) mass is 594 g/mol. The van der Waals surface area contributed by atoms with Gasteiger partial charge in [0.25, 0.3) is 0 Å². The molecule has 7 nitrogen and oxygen atoms in total. The number of anilines is 1. The Hall–Kier alpha value is -4.36. The van der Waals surface area contributed by atoms with Crippen LogP contribution in [0.25, 0.3) is 0 Å². The molecule has 1 aliphatic carbocycles. The first-order chi connectivity index (χ1) is 20.2. The second-order valence-corrected chi connectivity index (χ2v) is 10.0. The number of nitriles is 1. The molecule has 0 amide bonds. The highest BCUT2D eigenvalue weighted by Crippen LogP contribution is 2.27. The Bertz CT molecular complexity index is 1440. The summed E-state index contributed by atoms with van der Waals surface area (Å²) in [5.74, 6) is 0.400. The minimum Gasteiger partial charge on any atom is -0.430 e. The third kappa shape index (κ3) is 9.35. The molecule has 2 N–H and O–H groups in total. The zero-order valence-electron chi connectivity index (χ0n) is 22.9. The van der Waals surface area contributed by atoms with E-state index in [-0.39, 0.29) is 17.7 Å². The van der Waals surface area contributed by atoms with Crippen molar-refractivity contribution in [3.63, 3.8) is 0 Å². The molecule has 2 aromatic rings.